The Kier molecular flexibility index (Phi) is 3.78. The Bertz CT molecular complexity index is 509. The van der Waals surface area contributed by atoms with E-state index in [-0.39, 0.29) is 11.6 Å². The molecule has 0 aromatic carbocycles. The Balaban J connectivity index is 2.02. The molecule has 2 rings (SSSR count). The first-order valence-electron chi connectivity index (χ1n) is 4.99. The number of hydrazone groups is 1. The lowest BCUT2D eigenvalue weighted by Gasteiger charge is -2.16. The van der Waals surface area contributed by atoms with Crippen LogP contribution in [-0.2, 0) is 9.59 Å². The van der Waals surface area contributed by atoms with Crippen molar-refractivity contribution in [2.75, 3.05) is 0 Å². The zero-order chi connectivity index (χ0) is 13.0. The summed E-state index contributed by atoms with van der Waals surface area (Å²) in [6, 6.07) is 3.43. The summed E-state index contributed by atoms with van der Waals surface area (Å²) in [6.45, 7) is 0. The number of rotatable bonds is 3. The van der Waals surface area contributed by atoms with Crippen molar-refractivity contribution >= 4 is 35.0 Å². The van der Waals surface area contributed by atoms with Crippen LogP contribution in [0.25, 0.3) is 0 Å². The normalized spacial score (nSPS) is 19.7. The first-order valence-corrected chi connectivity index (χ1v) is 5.86. The van der Waals surface area contributed by atoms with Crippen molar-refractivity contribution in [3.8, 4) is 0 Å². The molecule has 0 bridgehead atoms. The molecule has 94 valence electrons. The molecule has 0 spiro atoms. The molecule has 0 radical (unpaired) electrons. The van der Waals surface area contributed by atoms with Gasteiger partial charge in [0.15, 0.2) is 0 Å². The van der Waals surface area contributed by atoms with Crippen LogP contribution >= 0.6 is 11.8 Å². The first-order chi connectivity index (χ1) is 8.65. The number of aliphatic imine (C=N–C) groups is 1. The van der Waals surface area contributed by atoms with Crippen LogP contribution in [0.4, 0.5) is 0 Å². The molecule has 8 heteroatoms. The maximum absolute atomic E-state index is 11.3. The Hall–Kier alpha value is -2.09. The maximum Gasteiger partial charge on any atom is 0.305 e. The van der Waals surface area contributed by atoms with Crippen LogP contribution in [0.3, 0.4) is 0 Å². The number of amidine groups is 1. The Morgan fingerprint density at radius 2 is 2.56 bits per heavy atom. The van der Waals surface area contributed by atoms with Gasteiger partial charge in [-0.05, 0) is 12.1 Å². The van der Waals surface area contributed by atoms with Crippen molar-refractivity contribution in [2.45, 2.75) is 11.7 Å². The van der Waals surface area contributed by atoms with Crippen molar-refractivity contribution in [3.63, 3.8) is 0 Å². The second kappa shape index (κ2) is 5.50. The highest BCUT2D eigenvalue weighted by Gasteiger charge is 2.27. The minimum Gasteiger partial charge on any atom is -0.481 e. The number of carbonyl (C=O) groups is 2. The number of carboxylic acid groups (broad SMARTS) is 1. The minimum absolute atomic E-state index is 0.272. The fourth-order valence-corrected chi connectivity index (χ4v) is 2.07. The van der Waals surface area contributed by atoms with Gasteiger partial charge in [-0.25, -0.2) is 10.4 Å². The quantitative estimate of drug-likeness (QED) is 0.783. The molecule has 1 aliphatic rings. The van der Waals surface area contributed by atoms with Gasteiger partial charge in [0.2, 0.25) is 5.17 Å². The van der Waals surface area contributed by atoms with E-state index in [1.54, 1.807) is 12.1 Å². The van der Waals surface area contributed by atoms with Crippen LogP contribution in [0, 0.1) is 0 Å². The number of carbonyl (C=O) groups excluding carboxylic acids is 1. The van der Waals surface area contributed by atoms with Crippen molar-refractivity contribution in [1.29, 1.82) is 0 Å². The van der Waals surface area contributed by atoms with E-state index in [9.17, 15) is 9.59 Å². The van der Waals surface area contributed by atoms with Crippen LogP contribution in [0.15, 0.2) is 32.9 Å². The van der Waals surface area contributed by atoms with Gasteiger partial charge >= 0.3 is 5.97 Å². The summed E-state index contributed by atoms with van der Waals surface area (Å²) >= 11 is 1.01. The lowest BCUT2D eigenvalue weighted by Crippen LogP contribution is -2.35. The summed E-state index contributed by atoms with van der Waals surface area (Å²) in [7, 11) is 0. The molecule has 1 aliphatic heterocycles. The van der Waals surface area contributed by atoms with Crippen LogP contribution in [0.5, 0.6) is 0 Å². The van der Waals surface area contributed by atoms with Gasteiger partial charge in [0.05, 0.1) is 18.9 Å². The molecule has 0 saturated carbocycles. The number of carboxylic acids is 1. The lowest BCUT2D eigenvalue weighted by molar-refractivity contribution is -0.138. The fourth-order valence-electron chi connectivity index (χ4n) is 1.22. The summed E-state index contributed by atoms with van der Waals surface area (Å²) in [5.74, 6) is -0.928. The third kappa shape index (κ3) is 3.20. The number of thioether (sulfide) groups is 1. The molecule has 1 aromatic heterocycles. The van der Waals surface area contributed by atoms with E-state index in [1.165, 1.54) is 12.5 Å². The summed E-state index contributed by atoms with van der Waals surface area (Å²) in [4.78, 5) is 25.9. The number of nitrogens with one attached hydrogen (secondary N) is 1. The zero-order valence-corrected chi connectivity index (χ0v) is 9.88. The Morgan fingerprint density at radius 1 is 1.72 bits per heavy atom. The van der Waals surface area contributed by atoms with E-state index >= 15 is 0 Å². The van der Waals surface area contributed by atoms with Gasteiger partial charge in [-0.15, -0.1) is 5.10 Å². The van der Waals surface area contributed by atoms with Gasteiger partial charge in [-0.3, -0.25) is 9.59 Å². The molecule has 0 unspecified atom stereocenters. The summed E-state index contributed by atoms with van der Waals surface area (Å²) in [6.07, 6.45) is 2.68. The van der Waals surface area contributed by atoms with Gasteiger partial charge in [0.25, 0.3) is 5.91 Å². The highest BCUT2D eigenvalue weighted by Crippen LogP contribution is 2.21. The molecule has 7 nitrogen and oxygen atoms in total. The van der Waals surface area contributed by atoms with Gasteiger partial charge in [-0.2, -0.15) is 0 Å². The molecular weight excluding hydrogens is 258 g/mol. The number of furan rings is 1. The third-order valence-corrected chi connectivity index (χ3v) is 3.08. The highest BCUT2D eigenvalue weighted by molar-refractivity contribution is 8.15. The molecule has 1 amide bonds. The SMILES string of the molecule is O=C(O)C[C@@H]1SC(N=Cc2ccco2)=NNC1=O. The van der Waals surface area contributed by atoms with Crippen LogP contribution in [-0.4, -0.2) is 33.6 Å². The topological polar surface area (TPSA) is 104 Å². The van der Waals surface area contributed by atoms with Crippen LogP contribution in [0.1, 0.15) is 12.2 Å². The van der Waals surface area contributed by atoms with Crippen LogP contribution < -0.4 is 5.43 Å². The smallest absolute Gasteiger partial charge is 0.305 e. The van der Waals surface area contributed by atoms with Gasteiger partial charge in [-0.1, -0.05) is 11.8 Å². The van der Waals surface area contributed by atoms with Crippen molar-refractivity contribution < 1.29 is 19.1 Å². The molecule has 2 heterocycles. The Labute approximate surface area is 106 Å². The largest absolute Gasteiger partial charge is 0.481 e. The average molecular weight is 267 g/mol. The predicted molar refractivity (Wildman–Crippen MR) is 65.5 cm³/mol. The third-order valence-electron chi connectivity index (χ3n) is 2.01. The zero-order valence-electron chi connectivity index (χ0n) is 9.07. The molecule has 1 atom stereocenters. The van der Waals surface area contributed by atoms with E-state index < -0.39 is 17.1 Å². The lowest BCUT2D eigenvalue weighted by atomic mass is 10.3. The van der Waals surface area contributed by atoms with Crippen LogP contribution in [0.2, 0.25) is 0 Å². The van der Waals surface area contributed by atoms with Gasteiger partial charge in [0.1, 0.15) is 11.0 Å². The number of nitrogens with zero attached hydrogens (tertiary/aromatic N) is 2. The van der Waals surface area contributed by atoms with E-state index in [1.807, 2.05) is 0 Å². The minimum atomic E-state index is -1.04. The molecule has 18 heavy (non-hydrogen) atoms. The number of aliphatic carboxylic acids is 1. The molecular formula is C10H9N3O4S. The van der Waals surface area contributed by atoms with Crippen molar-refractivity contribution in [1.82, 2.24) is 5.43 Å². The maximum atomic E-state index is 11.3. The van der Waals surface area contributed by atoms with Gasteiger partial charge in [0, 0.05) is 0 Å². The molecule has 2 N–H and O–H groups in total. The number of hydrogen-bond donors (Lipinski definition) is 2. The summed E-state index contributed by atoms with van der Waals surface area (Å²) in [5, 5.41) is 11.9. The molecule has 1 aromatic rings. The molecule has 0 aliphatic carbocycles. The fraction of sp³-hybridized carbons (Fsp3) is 0.200. The summed E-state index contributed by atoms with van der Waals surface area (Å²) < 4.78 is 5.04. The highest BCUT2D eigenvalue weighted by atomic mass is 32.2. The second-order valence-corrected chi connectivity index (χ2v) is 4.52. The average Bonchev–Trinajstić information content (AvgIpc) is 2.82. The van der Waals surface area contributed by atoms with Crippen molar-refractivity contribution in [2.24, 2.45) is 10.1 Å². The predicted octanol–water partition coefficient (Wildman–Crippen LogP) is 0.676. The summed E-state index contributed by atoms with van der Waals surface area (Å²) in [5.41, 5.74) is 2.24. The standard InChI is InChI=1S/C10H9N3O4S/c14-8(15)4-7-9(16)12-13-10(18-7)11-5-6-2-1-3-17-6/h1-3,5,7H,4H2,(H,12,16)(H,14,15)/t7-/m0/s1. The van der Waals surface area contributed by atoms with E-state index in [0.717, 1.165) is 11.8 Å². The molecule has 0 saturated heterocycles. The van der Waals surface area contributed by atoms with Gasteiger partial charge < -0.3 is 9.52 Å². The van der Waals surface area contributed by atoms with E-state index in [2.05, 4.69) is 15.5 Å². The van der Waals surface area contributed by atoms with E-state index in [4.69, 9.17) is 9.52 Å². The Morgan fingerprint density at radius 3 is 3.22 bits per heavy atom. The molecule has 0 fully saturated rings. The first kappa shape index (κ1) is 12.4. The number of hydrogen-bond acceptors (Lipinski definition) is 6. The second-order valence-electron chi connectivity index (χ2n) is 3.35. The number of amides is 1. The van der Waals surface area contributed by atoms with Crippen molar-refractivity contribution in [3.05, 3.63) is 24.2 Å². The van der Waals surface area contributed by atoms with E-state index in [0.29, 0.717) is 5.76 Å². The monoisotopic (exact) mass is 267 g/mol.